The second-order valence-corrected chi connectivity index (χ2v) is 7.91. The van der Waals surface area contributed by atoms with Gasteiger partial charge in [-0.25, -0.2) is 0 Å². The van der Waals surface area contributed by atoms with Gasteiger partial charge in [-0.2, -0.15) is 0 Å². The van der Waals surface area contributed by atoms with Crippen LogP contribution in [-0.4, -0.2) is 10.2 Å². The first-order chi connectivity index (χ1) is 11.9. The van der Waals surface area contributed by atoms with Crippen LogP contribution in [0.25, 0.3) is 0 Å². The highest BCUT2D eigenvalue weighted by Crippen LogP contribution is 2.50. The fourth-order valence-corrected chi connectivity index (χ4v) is 5.02. The molecule has 1 aliphatic carbocycles. The molecule has 2 aliphatic rings. The van der Waals surface area contributed by atoms with Crippen molar-refractivity contribution in [1.82, 2.24) is 10.2 Å². The first-order valence-corrected chi connectivity index (χ1v) is 9.37. The summed E-state index contributed by atoms with van der Waals surface area (Å²) < 4.78 is 6.22. The third-order valence-electron chi connectivity index (χ3n) is 5.31. The van der Waals surface area contributed by atoms with Crippen LogP contribution in [0.15, 0.2) is 63.9 Å². The van der Waals surface area contributed by atoms with Gasteiger partial charge in [0, 0.05) is 4.90 Å². The Morgan fingerprint density at radius 3 is 2.50 bits per heavy atom. The molecule has 1 unspecified atom stereocenters. The van der Waals surface area contributed by atoms with Crippen molar-refractivity contribution in [2.24, 2.45) is 0 Å². The Labute approximate surface area is 145 Å². The molecule has 24 heavy (non-hydrogen) atoms. The Morgan fingerprint density at radius 1 is 0.958 bits per heavy atom. The predicted octanol–water partition coefficient (Wildman–Crippen LogP) is 4.93. The normalized spacial score (nSPS) is 21.2. The van der Waals surface area contributed by atoms with E-state index in [9.17, 15) is 0 Å². The third kappa shape index (κ3) is 2.13. The number of thioether (sulfide) groups is 1. The lowest BCUT2D eigenvalue weighted by atomic mass is 9.64. The van der Waals surface area contributed by atoms with Gasteiger partial charge >= 0.3 is 0 Å². The van der Waals surface area contributed by atoms with E-state index in [0.29, 0.717) is 0 Å². The summed E-state index contributed by atoms with van der Waals surface area (Å²) in [5, 5.41) is 9.13. The van der Waals surface area contributed by atoms with Gasteiger partial charge in [-0.05, 0) is 36.5 Å². The first-order valence-electron chi connectivity index (χ1n) is 8.49. The molecule has 3 nitrogen and oxygen atoms in total. The number of benzene rings is 2. The maximum absolute atomic E-state index is 6.22. The summed E-state index contributed by atoms with van der Waals surface area (Å²) in [5.41, 5.74) is 2.62. The fraction of sp³-hybridized carbons (Fsp3) is 0.300. The molecular weight excluding hydrogens is 316 g/mol. The topological polar surface area (TPSA) is 38.9 Å². The predicted molar refractivity (Wildman–Crippen MR) is 94.1 cm³/mol. The van der Waals surface area contributed by atoms with Crippen LogP contribution in [0.4, 0.5) is 0 Å². The molecule has 2 aromatic carbocycles. The van der Waals surface area contributed by atoms with E-state index in [1.807, 2.05) is 11.8 Å². The van der Waals surface area contributed by atoms with Crippen molar-refractivity contribution < 1.29 is 4.42 Å². The summed E-state index contributed by atoms with van der Waals surface area (Å²) >= 11 is 1.84. The minimum atomic E-state index is -0.0668. The minimum Gasteiger partial charge on any atom is -0.423 e. The molecule has 3 aromatic rings. The molecule has 0 spiro atoms. The molecule has 0 N–H and O–H groups in total. The fourth-order valence-electron chi connectivity index (χ4n) is 3.79. The van der Waals surface area contributed by atoms with E-state index >= 15 is 0 Å². The quantitative estimate of drug-likeness (QED) is 0.681. The number of rotatable bonds is 3. The smallest absolute Gasteiger partial charge is 0.230 e. The van der Waals surface area contributed by atoms with Gasteiger partial charge in [-0.3, -0.25) is 0 Å². The summed E-state index contributed by atoms with van der Waals surface area (Å²) in [4.78, 5) is 1.34. The van der Waals surface area contributed by atoms with Crippen molar-refractivity contribution in [1.29, 1.82) is 0 Å². The van der Waals surface area contributed by atoms with Crippen LogP contribution in [0.5, 0.6) is 0 Å². The summed E-state index contributed by atoms with van der Waals surface area (Å²) in [6.45, 7) is 0. The van der Waals surface area contributed by atoms with Crippen LogP contribution in [0, 0.1) is 0 Å². The minimum absolute atomic E-state index is 0.0668. The average Bonchev–Trinajstić information content (AvgIpc) is 3.21. The van der Waals surface area contributed by atoms with Crippen molar-refractivity contribution in [2.45, 2.75) is 41.2 Å². The van der Waals surface area contributed by atoms with Crippen molar-refractivity contribution in [3.63, 3.8) is 0 Å². The Kier molecular flexibility index (Phi) is 3.27. The van der Waals surface area contributed by atoms with Gasteiger partial charge in [0.25, 0.3) is 0 Å². The molecule has 0 radical (unpaired) electrons. The number of fused-ring (bicyclic) bond motifs is 1. The number of nitrogens with zero attached hydrogens (tertiary/aromatic N) is 2. The van der Waals surface area contributed by atoms with E-state index in [4.69, 9.17) is 4.42 Å². The van der Waals surface area contributed by atoms with Crippen LogP contribution >= 0.6 is 11.8 Å². The van der Waals surface area contributed by atoms with E-state index in [1.165, 1.54) is 22.4 Å². The largest absolute Gasteiger partial charge is 0.423 e. The van der Waals surface area contributed by atoms with Gasteiger partial charge in [0.15, 0.2) is 0 Å². The van der Waals surface area contributed by atoms with Crippen molar-refractivity contribution in [2.75, 3.05) is 0 Å². The van der Waals surface area contributed by atoms with Crippen LogP contribution in [0.3, 0.4) is 0 Å². The zero-order chi connectivity index (χ0) is 16.0. The Balaban J connectivity index is 1.46. The lowest BCUT2D eigenvalue weighted by Crippen LogP contribution is -2.35. The van der Waals surface area contributed by atoms with E-state index in [2.05, 4.69) is 64.8 Å². The van der Waals surface area contributed by atoms with Crippen molar-refractivity contribution in [3.05, 3.63) is 77.5 Å². The van der Waals surface area contributed by atoms with Crippen LogP contribution < -0.4 is 0 Å². The molecule has 1 fully saturated rings. The lowest BCUT2D eigenvalue weighted by molar-refractivity contribution is 0.234. The first kappa shape index (κ1) is 14.3. The molecule has 0 saturated heterocycles. The molecule has 120 valence electrons. The monoisotopic (exact) mass is 334 g/mol. The zero-order valence-corrected chi connectivity index (χ0v) is 14.1. The standard InChI is InChI=1S/C20H18N2OS/c1-2-8-15(9-3-1)20(11-6-12-20)19-22-21-18(23-19)17-13-14-7-4-5-10-16(14)24-17/h1-5,7-10,17H,6,11-13H2. The molecule has 2 heterocycles. The second-order valence-electron chi connectivity index (χ2n) is 6.67. The molecule has 0 bridgehead atoms. The van der Waals surface area contributed by atoms with Crippen LogP contribution in [-0.2, 0) is 11.8 Å². The lowest BCUT2D eigenvalue weighted by Gasteiger charge is -2.39. The number of aromatic nitrogens is 2. The van der Waals surface area contributed by atoms with E-state index in [0.717, 1.165) is 31.0 Å². The molecular formula is C20H18N2OS. The van der Waals surface area contributed by atoms with Gasteiger partial charge in [-0.1, -0.05) is 55.0 Å². The Morgan fingerprint density at radius 2 is 1.75 bits per heavy atom. The molecule has 1 aliphatic heterocycles. The Hall–Kier alpha value is -2.07. The summed E-state index contributed by atoms with van der Waals surface area (Å²) in [7, 11) is 0. The van der Waals surface area contributed by atoms with Crippen LogP contribution in [0.2, 0.25) is 0 Å². The van der Waals surface area contributed by atoms with Gasteiger partial charge in [-0.15, -0.1) is 22.0 Å². The molecule has 1 atom stereocenters. The highest BCUT2D eigenvalue weighted by molar-refractivity contribution is 7.99. The maximum Gasteiger partial charge on any atom is 0.230 e. The van der Waals surface area contributed by atoms with Gasteiger partial charge in [0.1, 0.15) is 0 Å². The zero-order valence-electron chi connectivity index (χ0n) is 13.3. The summed E-state index contributed by atoms with van der Waals surface area (Å²) in [6, 6.07) is 19.2. The number of hydrogen-bond donors (Lipinski definition) is 0. The van der Waals surface area contributed by atoms with E-state index in [1.54, 1.807) is 0 Å². The van der Waals surface area contributed by atoms with Crippen molar-refractivity contribution >= 4 is 11.8 Å². The third-order valence-corrected chi connectivity index (χ3v) is 6.61. The molecule has 5 rings (SSSR count). The number of hydrogen-bond acceptors (Lipinski definition) is 4. The molecule has 4 heteroatoms. The van der Waals surface area contributed by atoms with E-state index in [-0.39, 0.29) is 10.7 Å². The molecule has 1 aromatic heterocycles. The van der Waals surface area contributed by atoms with Crippen molar-refractivity contribution in [3.8, 4) is 0 Å². The van der Waals surface area contributed by atoms with Crippen LogP contribution in [0.1, 0.15) is 47.4 Å². The highest BCUT2D eigenvalue weighted by Gasteiger charge is 2.45. The molecule has 1 saturated carbocycles. The average molecular weight is 334 g/mol. The van der Waals surface area contributed by atoms with Gasteiger partial charge in [0.05, 0.1) is 10.7 Å². The van der Waals surface area contributed by atoms with Gasteiger partial charge in [0.2, 0.25) is 11.8 Å². The summed E-state index contributed by atoms with van der Waals surface area (Å²) in [5.74, 6) is 1.57. The highest BCUT2D eigenvalue weighted by atomic mass is 32.2. The Bertz CT molecular complexity index is 845. The maximum atomic E-state index is 6.22. The SMILES string of the molecule is c1ccc(C2(c3nnc(C4Cc5ccccc5S4)o3)CCC2)cc1. The summed E-state index contributed by atoms with van der Waals surface area (Å²) in [6.07, 6.45) is 4.38. The van der Waals surface area contributed by atoms with E-state index < -0.39 is 0 Å². The molecule has 0 amide bonds. The van der Waals surface area contributed by atoms with Gasteiger partial charge < -0.3 is 4.42 Å². The second kappa shape index (κ2) is 5.49.